The summed E-state index contributed by atoms with van der Waals surface area (Å²) in [4.78, 5) is 9.14. The van der Waals surface area contributed by atoms with Crippen molar-refractivity contribution >= 4 is 17.3 Å². The van der Waals surface area contributed by atoms with E-state index < -0.39 is 17.7 Å². The first-order valence-electron chi connectivity index (χ1n) is 8.71. The molecule has 0 bridgehead atoms. The second kappa shape index (κ2) is 6.29. The van der Waals surface area contributed by atoms with Crippen LogP contribution in [0, 0.1) is 11.6 Å². The number of aromatic nitrogens is 3. The van der Waals surface area contributed by atoms with Crippen molar-refractivity contribution in [1.82, 2.24) is 19.9 Å². The summed E-state index contributed by atoms with van der Waals surface area (Å²) in [7, 11) is 0. The van der Waals surface area contributed by atoms with E-state index in [-0.39, 0.29) is 11.1 Å². The molecule has 3 heterocycles. The van der Waals surface area contributed by atoms with Gasteiger partial charge in [-0.2, -0.15) is 5.10 Å². The highest BCUT2D eigenvalue weighted by Gasteiger charge is 2.27. The highest BCUT2D eigenvalue weighted by molar-refractivity contribution is 6.05. The van der Waals surface area contributed by atoms with Crippen LogP contribution in [0.25, 0.3) is 5.65 Å². The standard InChI is InChI=1S/C19H20F2N6/c1-11(13-8-12(20)4-5-15(13)21)24-16-6-7-27-18(25-16)14(9-23-27)17-22-10-19(2,3)26-17/h4-9,11H,10H2,1-3H3,(H,22,26)(H,24,25)/t11-/m1/s1. The van der Waals surface area contributed by atoms with Crippen LogP contribution < -0.4 is 10.6 Å². The Bertz CT molecular complexity index is 1040. The number of hydrogen-bond donors (Lipinski definition) is 2. The van der Waals surface area contributed by atoms with E-state index in [4.69, 9.17) is 0 Å². The lowest BCUT2D eigenvalue weighted by atomic mass is 10.1. The molecule has 2 N–H and O–H groups in total. The maximum absolute atomic E-state index is 14.0. The fourth-order valence-electron chi connectivity index (χ4n) is 3.09. The second-order valence-corrected chi connectivity index (χ2v) is 7.34. The Kier molecular flexibility index (Phi) is 4.05. The highest BCUT2D eigenvalue weighted by Crippen LogP contribution is 2.23. The van der Waals surface area contributed by atoms with Crippen LogP contribution in [-0.2, 0) is 0 Å². The summed E-state index contributed by atoms with van der Waals surface area (Å²) in [6.07, 6.45) is 3.48. The van der Waals surface area contributed by atoms with Crippen LogP contribution in [0.15, 0.2) is 41.7 Å². The Labute approximate surface area is 155 Å². The maximum atomic E-state index is 14.0. The van der Waals surface area contributed by atoms with E-state index in [1.807, 2.05) is 0 Å². The first kappa shape index (κ1) is 17.4. The first-order valence-corrected chi connectivity index (χ1v) is 8.71. The molecule has 0 aliphatic carbocycles. The lowest BCUT2D eigenvalue weighted by molar-refractivity contribution is 0.506. The Morgan fingerprint density at radius 1 is 1.26 bits per heavy atom. The third-order valence-electron chi connectivity index (χ3n) is 4.50. The van der Waals surface area contributed by atoms with Gasteiger partial charge in [-0.05, 0) is 45.0 Å². The van der Waals surface area contributed by atoms with Gasteiger partial charge in [0.15, 0.2) is 5.65 Å². The van der Waals surface area contributed by atoms with Crippen molar-refractivity contribution < 1.29 is 8.78 Å². The first-order chi connectivity index (χ1) is 12.8. The number of amidine groups is 1. The summed E-state index contributed by atoms with van der Waals surface area (Å²) in [5, 5.41) is 10.8. The van der Waals surface area contributed by atoms with Crippen LogP contribution >= 0.6 is 0 Å². The van der Waals surface area contributed by atoms with Gasteiger partial charge in [-0.1, -0.05) is 0 Å². The summed E-state index contributed by atoms with van der Waals surface area (Å²) in [5.74, 6) is 0.353. The van der Waals surface area contributed by atoms with Gasteiger partial charge >= 0.3 is 0 Å². The summed E-state index contributed by atoms with van der Waals surface area (Å²) >= 11 is 0. The number of fused-ring (bicyclic) bond motifs is 1. The molecule has 2 aromatic heterocycles. The molecule has 1 atom stereocenters. The molecule has 4 rings (SSSR count). The molecule has 0 saturated carbocycles. The SMILES string of the molecule is C[C@@H](Nc1ccn2ncc(C3=NCC(C)(C)N3)c2n1)c1cc(F)ccc1F. The van der Waals surface area contributed by atoms with Crippen molar-refractivity contribution in [2.24, 2.45) is 4.99 Å². The van der Waals surface area contributed by atoms with Gasteiger partial charge in [0.1, 0.15) is 23.3 Å². The van der Waals surface area contributed by atoms with Gasteiger partial charge in [-0.25, -0.2) is 18.3 Å². The second-order valence-electron chi connectivity index (χ2n) is 7.34. The molecular formula is C19H20F2N6. The fraction of sp³-hybridized carbons (Fsp3) is 0.316. The number of nitrogens with one attached hydrogen (secondary N) is 2. The molecule has 8 heteroatoms. The largest absolute Gasteiger partial charge is 0.363 e. The number of anilines is 1. The fourth-order valence-corrected chi connectivity index (χ4v) is 3.09. The van der Waals surface area contributed by atoms with Gasteiger partial charge in [0.25, 0.3) is 0 Å². The van der Waals surface area contributed by atoms with E-state index >= 15 is 0 Å². The molecular weight excluding hydrogens is 350 g/mol. The minimum atomic E-state index is -0.477. The topological polar surface area (TPSA) is 66.6 Å². The van der Waals surface area contributed by atoms with Crippen LogP contribution in [0.3, 0.4) is 0 Å². The van der Waals surface area contributed by atoms with Gasteiger partial charge in [-0.3, -0.25) is 4.99 Å². The molecule has 1 aliphatic heterocycles. The number of aliphatic imine (C=N–C) groups is 1. The smallest absolute Gasteiger partial charge is 0.168 e. The van der Waals surface area contributed by atoms with E-state index in [0.29, 0.717) is 18.0 Å². The molecule has 0 fully saturated rings. The lowest BCUT2D eigenvalue weighted by Crippen LogP contribution is -2.39. The van der Waals surface area contributed by atoms with Crippen molar-refractivity contribution in [3.63, 3.8) is 0 Å². The van der Waals surface area contributed by atoms with Crippen molar-refractivity contribution in [2.75, 3.05) is 11.9 Å². The Morgan fingerprint density at radius 3 is 2.81 bits per heavy atom. The highest BCUT2D eigenvalue weighted by atomic mass is 19.1. The zero-order chi connectivity index (χ0) is 19.2. The molecule has 0 spiro atoms. The van der Waals surface area contributed by atoms with E-state index in [1.165, 1.54) is 6.07 Å². The van der Waals surface area contributed by atoms with Crippen LogP contribution in [0.5, 0.6) is 0 Å². The molecule has 1 aliphatic rings. The molecule has 0 amide bonds. The van der Waals surface area contributed by atoms with Gasteiger partial charge < -0.3 is 10.6 Å². The van der Waals surface area contributed by atoms with Crippen molar-refractivity contribution in [3.05, 3.63) is 59.4 Å². The number of rotatable bonds is 4. The zero-order valence-electron chi connectivity index (χ0n) is 15.3. The zero-order valence-corrected chi connectivity index (χ0v) is 15.3. The average molecular weight is 370 g/mol. The molecule has 0 unspecified atom stereocenters. The molecule has 1 aromatic carbocycles. The van der Waals surface area contributed by atoms with Crippen molar-refractivity contribution in [3.8, 4) is 0 Å². The van der Waals surface area contributed by atoms with Crippen LogP contribution in [0.1, 0.15) is 37.9 Å². The molecule has 0 saturated heterocycles. The normalized spacial score (nSPS) is 16.9. The maximum Gasteiger partial charge on any atom is 0.168 e. The summed E-state index contributed by atoms with van der Waals surface area (Å²) in [6, 6.07) is 4.70. The summed E-state index contributed by atoms with van der Waals surface area (Å²) in [6.45, 7) is 6.58. The van der Waals surface area contributed by atoms with Crippen LogP contribution in [-0.4, -0.2) is 32.5 Å². The van der Waals surface area contributed by atoms with Crippen molar-refractivity contribution in [1.29, 1.82) is 0 Å². The van der Waals surface area contributed by atoms with Gasteiger partial charge in [0, 0.05) is 11.8 Å². The molecule has 6 nitrogen and oxygen atoms in total. The van der Waals surface area contributed by atoms with Gasteiger partial charge in [-0.15, -0.1) is 0 Å². The van der Waals surface area contributed by atoms with E-state index in [9.17, 15) is 8.78 Å². The van der Waals surface area contributed by atoms with E-state index in [2.05, 4.69) is 39.6 Å². The Balaban J connectivity index is 1.64. The third kappa shape index (κ3) is 3.34. The Morgan fingerprint density at radius 2 is 2.07 bits per heavy atom. The minimum absolute atomic E-state index is 0.108. The number of halogens is 2. The number of hydrogen-bond acceptors (Lipinski definition) is 5. The van der Waals surface area contributed by atoms with Crippen LogP contribution in [0.4, 0.5) is 14.6 Å². The lowest BCUT2D eigenvalue weighted by Gasteiger charge is -2.18. The predicted molar refractivity (Wildman–Crippen MR) is 100 cm³/mol. The van der Waals surface area contributed by atoms with Gasteiger partial charge in [0.2, 0.25) is 0 Å². The molecule has 27 heavy (non-hydrogen) atoms. The molecule has 140 valence electrons. The quantitative estimate of drug-likeness (QED) is 0.739. The monoisotopic (exact) mass is 370 g/mol. The Hall–Kier alpha value is -3.03. The number of benzene rings is 1. The average Bonchev–Trinajstić information content (AvgIpc) is 3.19. The molecule has 3 aromatic rings. The minimum Gasteiger partial charge on any atom is -0.363 e. The number of nitrogens with zero attached hydrogens (tertiary/aromatic N) is 4. The third-order valence-corrected chi connectivity index (χ3v) is 4.50. The van der Waals surface area contributed by atoms with Crippen LogP contribution in [0.2, 0.25) is 0 Å². The van der Waals surface area contributed by atoms with E-state index in [1.54, 1.807) is 29.9 Å². The molecule has 0 radical (unpaired) electrons. The van der Waals surface area contributed by atoms with Gasteiger partial charge in [0.05, 0.1) is 29.9 Å². The predicted octanol–water partition coefficient (Wildman–Crippen LogP) is 3.31. The van der Waals surface area contributed by atoms with E-state index in [0.717, 1.165) is 23.5 Å². The van der Waals surface area contributed by atoms with Crippen molar-refractivity contribution in [2.45, 2.75) is 32.4 Å². The summed E-state index contributed by atoms with van der Waals surface area (Å²) < 4.78 is 29.1. The summed E-state index contributed by atoms with van der Waals surface area (Å²) in [5.41, 5.74) is 1.57.